The van der Waals surface area contributed by atoms with Crippen molar-refractivity contribution in [3.05, 3.63) is 12.4 Å². The number of amides is 1. The molecule has 3 atom stereocenters. The van der Waals surface area contributed by atoms with Crippen LogP contribution in [-0.4, -0.2) is 53.7 Å². The normalized spacial score (nSPS) is 27.1. The second kappa shape index (κ2) is 7.10. The van der Waals surface area contributed by atoms with Gasteiger partial charge < -0.3 is 19.5 Å². The Kier molecular flexibility index (Phi) is 4.92. The molecule has 2 saturated heterocycles. The van der Waals surface area contributed by atoms with Gasteiger partial charge in [0.2, 0.25) is 0 Å². The standard InChI is InChI=1S/C15H21N3O5/c1-21-15(20)13-5-4-12(23-13)14(19)17-10-7-16-18(8-10)9-11-3-2-6-22-11/h7-8,11-13H,2-6,9H2,1H3,(H,17,19)/t11-,12+,13-/m0/s1. The summed E-state index contributed by atoms with van der Waals surface area (Å²) >= 11 is 0. The Morgan fingerprint density at radius 2 is 2.22 bits per heavy atom. The van der Waals surface area contributed by atoms with Crippen LogP contribution in [0.4, 0.5) is 5.69 Å². The molecule has 2 fully saturated rings. The van der Waals surface area contributed by atoms with E-state index in [1.165, 1.54) is 7.11 Å². The topological polar surface area (TPSA) is 91.7 Å². The van der Waals surface area contributed by atoms with Gasteiger partial charge in [-0.3, -0.25) is 9.48 Å². The highest BCUT2D eigenvalue weighted by molar-refractivity contribution is 5.94. The number of nitrogens with zero attached hydrogens (tertiary/aromatic N) is 2. The van der Waals surface area contributed by atoms with Gasteiger partial charge in [-0.15, -0.1) is 0 Å². The van der Waals surface area contributed by atoms with Crippen LogP contribution in [0.15, 0.2) is 12.4 Å². The van der Waals surface area contributed by atoms with Crippen LogP contribution in [0.1, 0.15) is 25.7 Å². The fraction of sp³-hybridized carbons (Fsp3) is 0.667. The van der Waals surface area contributed by atoms with Crippen LogP contribution in [-0.2, 0) is 30.3 Å². The summed E-state index contributed by atoms with van der Waals surface area (Å²) in [6.07, 6.45) is 5.36. The van der Waals surface area contributed by atoms with E-state index in [2.05, 4.69) is 15.2 Å². The maximum absolute atomic E-state index is 12.2. The first-order chi connectivity index (χ1) is 11.2. The third-order valence-corrected chi connectivity index (χ3v) is 4.09. The highest BCUT2D eigenvalue weighted by Crippen LogP contribution is 2.22. The summed E-state index contributed by atoms with van der Waals surface area (Å²) in [5.41, 5.74) is 0.609. The van der Waals surface area contributed by atoms with E-state index in [1.807, 2.05) is 0 Å². The maximum atomic E-state index is 12.2. The molecule has 1 aromatic rings. The highest BCUT2D eigenvalue weighted by Gasteiger charge is 2.35. The summed E-state index contributed by atoms with van der Waals surface area (Å²) in [5.74, 6) is -0.710. The molecule has 3 heterocycles. The number of carbonyl (C=O) groups is 2. The molecule has 8 heteroatoms. The number of carbonyl (C=O) groups excluding carboxylic acids is 2. The van der Waals surface area contributed by atoms with Gasteiger partial charge in [-0.25, -0.2) is 4.79 Å². The summed E-state index contributed by atoms with van der Waals surface area (Å²) in [7, 11) is 1.31. The summed E-state index contributed by atoms with van der Waals surface area (Å²) in [6.45, 7) is 1.48. The van der Waals surface area contributed by atoms with Crippen LogP contribution in [0.25, 0.3) is 0 Å². The number of esters is 1. The van der Waals surface area contributed by atoms with Gasteiger partial charge in [0, 0.05) is 12.8 Å². The molecule has 1 aromatic heterocycles. The molecule has 0 aromatic carbocycles. The van der Waals surface area contributed by atoms with E-state index >= 15 is 0 Å². The van der Waals surface area contributed by atoms with Crippen LogP contribution in [0.3, 0.4) is 0 Å². The lowest BCUT2D eigenvalue weighted by atomic mass is 10.2. The van der Waals surface area contributed by atoms with Gasteiger partial charge >= 0.3 is 5.97 Å². The zero-order chi connectivity index (χ0) is 16.2. The molecule has 0 bridgehead atoms. The second-order valence-corrected chi connectivity index (χ2v) is 5.79. The van der Waals surface area contributed by atoms with Crippen molar-refractivity contribution in [3.63, 3.8) is 0 Å². The minimum Gasteiger partial charge on any atom is -0.467 e. The first-order valence-corrected chi connectivity index (χ1v) is 7.84. The average Bonchev–Trinajstić information content (AvgIpc) is 3.28. The lowest BCUT2D eigenvalue weighted by Gasteiger charge is -2.11. The van der Waals surface area contributed by atoms with Crippen LogP contribution in [0, 0.1) is 0 Å². The van der Waals surface area contributed by atoms with Gasteiger partial charge in [0.05, 0.1) is 31.6 Å². The van der Waals surface area contributed by atoms with Gasteiger partial charge in [-0.2, -0.15) is 5.10 Å². The largest absolute Gasteiger partial charge is 0.467 e. The predicted octanol–water partition coefficient (Wildman–Crippen LogP) is 0.721. The van der Waals surface area contributed by atoms with E-state index < -0.39 is 18.2 Å². The lowest BCUT2D eigenvalue weighted by molar-refractivity contribution is -0.154. The first-order valence-electron chi connectivity index (χ1n) is 7.84. The number of hydrogen-bond acceptors (Lipinski definition) is 6. The van der Waals surface area contributed by atoms with Crippen LogP contribution >= 0.6 is 0 Å². The molecule has 23 heavy (non-hydrogen) atoms. The van der Waals surface area contributed by atoms with E-state index in [0.29, 0.717) is 25.1 Å². The fourth-order valence-corrected chi connectivity index (χ4v) is 2.88. The van der Waals surface area contributed by atoms with Gasteiger partial charge in [-0.1, -0.05) is 0 Å². The average molecular weight is 323 g/mol. The smallest absolute Gasteiger partial charge is 0.335 e. The van der Waals surface area contributed by atoms with Crippen molar-refractivity contribution in [2.24, 2.45) is 0 Å². The molecule has 0 radical (unpaired) electrons. The molecule has 3 rings (SSSR count). The van der Waals surface area contributed by atoms with Crippen LogP contribution in [0.2, 0.25) is 0 Å². The fourth-order valence-electron chi connectivity index (χ4n) is 2.88. The van der Waals surface area contributed by atoms with Crippen molar-refractivity contribution < 1.29 is 23.8 Å². The number of ether oxygens (including phenoxy) is 3. The Hall–Kier alpha value is -1.93. The van der Waals surface area contributed by atoms with Crippen molar-refractivity contribution in [1.82, 2.24) is 9.78 Å². The molecule has 2 aliphatic heterocycles. The molecule has 0 aliphatic carbocycles. The van der Waals surface area contributed by atoms with E-state index in [-0.39, 0.29) is 12.0 Å². The number of nitrogens with one attached hydrogen (secondary N) is 1. The molecule has 1 amide bonds. The Morgan fingerprint density at radius 3 is 2.96 bits per heavy atom. The number of methoxy groups -OCH3 is 1. The molecular weight excluding hydrogens is 302 g/mol. The van der Waals surface area contributed by atoms with Gasteiger partial charge in [0.15, 0.2) is 6.10 Å². The minimum atomic E-state index is -0.655. The number of hydrogen-bond donors (Lipinski definition) is 1. The quantitative estimate of drug-likeness (QED) is 0.803. The third-order valence-electron chi connectivity index (χ3n) is 4.09. The molecule has 0 spiro atoms. The van der Waals surface area contributed by atoms with E-state index in [1.54, 1.807) is 17.1 Å². The maximum Gasteiger partial charge on any atom is 0.335 e. The molecule has 0 unspecified atom stereocenters. The lowest BCUT2D eigenvalue weighted by Crippen LogP contribution is -2.30. The predicted molar refractivity (Wildman–Crippen MR) is 79.7 cm³/mol. The highest BCUT2D eigenvalue weighted by atomic mass is 16.6. The Balaban J connectivity index is 1.50. The van der Waals surface area contributed by atoms with Crippen molar-refractivity contribution in [3.8, 4) is 0 Å². The Bertz CT molecular complexity index is 567. The van der Waals surface area contributed by atoms with E-state index in [9.17, 15) is 9.59 Å². The van der Waals surface area contributed by atoms with Crippen LogP contribution in [0.5, 0.6) is 0 Å². The van der Waals surface area contributed by atoms with E-state index in [0.717, 1.165) is 19.4 Å². The van der Waals surface area contributed by atoms with Crippen LogP contribution < -0.4 is 5.32 Å². The monoisotopic (exact) mass is 323 g/mol. The van der Waals surface area contributed by atoms with Crippen molar-refractivity contribution >= 4 is 17.6 Å². The first kappa shape index (κ1) is 15.9. The second-order valence-electron chi connectivity index (χ2n) is 5.79. The minimum absolute atomic E-state index is 0.192. The number of anilines is 1. The van der Waals surface area contributed by atoms with Crippen molar-refractivity contribution in [1.29, 1.82) is 0 Å². The molecule has 2 aliphatic rings. The summed E-state index contributed by atoms with van der Waals surface area (Å²) in [5, 5.41) is 6.99. The Morgan fingerprint density at radius 1 is 1.39 bits per heavy atom. The number of aromatic nitrogens is 2. The summed E-state index contributed by atoms with van der Waals surface area (Å²) in [4.78, 5) is 23.6. The zero-order valence-corrected chi connectivity index (χ0v) is 13.1. The van der Waals surface area contributed by atoms with E-state index in [4.69, 9.17) is 9.47 Å². The van der Waals surface area contributed by atoms with Crippen molar-refractivity contribution in [2.75, 3.05) is 19.0 Å². The molecular formula is C15H21N3O5. The van der Waals surface area contributed by atoms with Gasteiger partial charge in [0.25, 0.3) is 5.91 Å². The van der Waals surface area contributed by atoms with Gasteiger partial charge in [-0.05, 0) is 25.7 Å². The summed E-state index contributed by atoms with van der Waals surface area (Å²) in [6, 6.07) is 0. The van der Waals surface area contributed by atoms with Crippen molar-refractivity contribution in [2.45, 2.75) is 50.5 Å². The third kappa shape index (κ3) is 3.89. The molecule has 0 saturated carbocycles. The molecule has 1 N–H and O–H groups in total. The Labute approximate surface area is 134 Å². The zero-order valence-electron chi connectivity index (χ0n) is 13.1. The SMILES string of the molecule is COC(=O)[C@@H]1CC[C@H](C(=O)Nc2cnn(C[C@@H]3CCCO3)c2)O1. The molecule has 8 nitrogen and oxygen atoms in total. The summed E-state index contributed by atoms with van der Waals surface area (Å²) < 4.78 is 17.4. The van der Waals surface area contributed by atoms with Gasteiger partial charge in [0.1, 0.15) is 6.10 Å². The molecule has 126 valence electrons. The number of rotatable bonds is 5.